The summed E-state index contributed by atoms with van der Waals surface area (Å²) < 4.78 is 5.44. The fraction of sp³-hybridized carbons (Fsp3) is 0.571. The van der Waals surface area contributed by atoms with Crippen LogP contribution in [-0.4, -0.2) is 24.7 Å². The fourth-order valence-corrected chi connectivity index (χ4v) is 1.79. The quantitative estimate of drug-likeness (QED) is 0.422. The van der Waals surface area contributed by atoms with Crippen molar-refractivity contribution in [1.29, 1.82) is 0 Å². The van der Waals surface area contributed by atoms with E-state index in [0.29, 0.717) is 24.4 Å². The third kappa shape index (κ3) is 5.26. The zero-order valence-electron chi connectivity index (χ0n) is 11.6. The average molecular weight is 266 g/mol. The molecule has 1 aromatic carbocycles. The van der Waals surface area contributed by atoms with Crippen molar-refractivity contribution in [3.05, 3.63) is 33.9 Å². The highest BCUT2D eigenvalue weighted by Crippen LogP contribution is 2.27. The number of hydrogen-bond acceptors (Lipinski definition) is 4. The van der Waals surface area contributed by atoms with Gasteiger partial charge in [0.15, 0.2) is 0 Å². The number of unbranched alkanes of at least 4 members (excludes halogenated alkanes) is 1. The van der Waals surface area contributed by atoms with Crippen molar-refractivity contribution >= 4 is 11.4 Å². The number of para-hydroxylation sites is 1. The predicted molar refractivity (Wildman–Crippen MR) is 76.7 cm³/mol. The normalized spacial score (nSPS) is 10.4. The van der Waals surface area contributed by atoms with Crippen molar-refractivity contribution in [2.24, 2.45) is 0 Å². The fourth-order valence-electron chi connectivity index (χ4n) is 1.79. The number of nitro benzene ring substituents is 1. The summed E-state index contributed by atoms with van der Waals surface area (Å²) >= 11 is 0. The Labute approximate surface area is 114 Å². The number of hydrogen-bond donors (Lipinski definition) is 1. The molecular weight excluding hydrogens is 244 g/mol. The third-order valence-electron chi connectivity index (χ3n) is 2.84. The Balaban J connectivity index is 2.37. The molecule has 0 aromatic heterocycles. The van der Waals surface area contributed by atoms with Gasteiger partial charge in [-0.05, 0) is 25.8 Å². The minimum Gasteiger partial charge on any atom is -0.381 e. The number of ether oxygens (including phenoxy) is 1. The van der Waals surface area contributed by atoms with Gasteiger partial charge in [-0.15, -0.1) is 0 Å². The monoisotopic (exact) mass is 266 g/mol. The number of anilines is 1. The van der Waals surface area contributed by atoms with E-state index in [-0.39, 0.29) is 10.6 Å². The van der Waals surface area contributed by atoms with E-state index in [9.17, 15) is 10.1 Å². The van der Waals surface area contributed by atoms with E-state index >= 15 is 0 Å². The Kier molecular flexibility index (Phi) is 6.89. The van der Waals surface area contributed by atoms with E-state index in [1.165, 1.54) is 0 Å². The largest absolute Gasteiger partial charge is 0.381 e. The first-order valence-corrected chi connectivity index (χ1v) is 6.72. The van der Waals surface area contributed by atoms with Crippen LogP contribution in [0.15, 0.2) is 18.2 Å². The smallest absolute Gasteiger partial charge is 0.295 e. The molecule has 0 aliphatic rings. The summed E-state index contributed by atoms with van der Waals surface area (Å²) in [4.78, 5) is 10.7. The van der Waals surface area contributed by atoms with Crippen molar-refractivity contribution < 1.29 is 9.66 Å². The SMILES string of the molecule is CCCCOCCCNc1cccc(C)c1[N+](=O)[O-]. The molecule has 106 valence electrons. The number of nitrogens with zero attached hydrogens (tertiary/aromatic N) is 1. The molecule has 0 amide bonds. The van der Waals surface area contributed by atoms with E-state index in [1.807, 2.05) is 6.07 Å². The Morgan fingerprint density at radius 3 is 2.74 bits per heavy atom. The summed E-state index contributed by atoms with van der Waals surface area (Å²) in [7, 11) is 0. The second-order valence-electron chi connectivity index (χ2n) is 4.47. The van der Waals surface area contributed by atoms with E-state index in [1.54, 1.807) is 19.1 Å². The highest BCUT2D eigenvalue weighted by atomic mass is 16.6. The van der Waals surface area contributed by atoms with Gasteiger partial charge >= 0.3 is 0 Å². The molecule has 0 aliphatic heterocycles. The van der Waals surface area contributed by atoms with Gasteiger partial charge in [0.25, 0.3) is 5.69 Å². The minimum atomic E-state index is -0.338. The van der Waals surface area contributed by atoms with Crippen molar-refractivity contribution in [1.82, 2.24) is 0 Å². The summed E-state index contributed by atoms with van der Waals surface area (Å²) in [5.41, 5.74) is 1.42. The maximum absolute atomic E-state index is 11.0. The molecule has 5 heteroatoms. The first-order valence-electron chi connectivity index (χ1n) is 6.72. The molecule has 0 saturated heterocycles. The maximum atomic E-state index is 11.0. The molecule has 1 N–H and O–H groups in total. The highest BCUT2D eigenvalue weighted by Gasteiger charge is 2.15. The molecule has 1 aromatic rings. The molecule has 19 heavy (non-hydrogen) atoms. The third-order valence-corrected chi connectivity index (χ3v) is 2.84. The molecule has 0 bridgehead atoms. The molecule has 0 saturated carbocycles. The molecule has 1 rings (SSSR count). The number of nitrogens with one attached hydrogen (secondary N) is 1. The first-order chi connectivity index (χ1) is 9.16. The van der Waals surface area contributed by atoms with E-state index in [0.717, 1.165) is 25.9 Å². The van der Waals surface area contributed by atoms with Gasteiger partial charge in [-0.2, -0.15) is 0 Å². The van der Waals surface area contributed by atoms with Crippen molar-refractivity contribution in [3.63, 3.8) is 0 Å². The zero-order valence-corrected chi connectivity index (χ0v) is 11.6. The van der Waals surface area contributed by atoms with Crippen LogP contribution in [0.1, 0.15) is 31.7 Å². The molecular formula is C14H22N2O3. The lowest BCUT2D eigenvalue weighted by molar-refractivity contribution is -0.384. The van der Waals surface area contributed by atoms with Gasteiger partial charge in [0.1, 0.15) is 5.69 Å². The number of rotatable bonds is 9. The van der Waals surface area contributed by atoms with Gasteiger partial charge in [0.2, 0.25) is 0 Å². The Morgan fingerprint density at radius 1 is 1.32 bits per heavy atom. The number of nitro groups is 1. The molecule has 0 spiro atoms. The van der Waals surface area contributed by atoms with Gasteiger partial charge in [-0.1, -0.05) is 25.5 Å². The van der Waals surface area contributed by atoms with E-state index in [4.69, 9.17) is 4.74 Å². The molecule has 0 fully saturated rings. The van der Waals surface area contributed by atoms with Crippen LogP contribution in [0.2, 0.25) is 0 Å². The average Bonchev–Trinajstić information content (AvgIpc) is 2.37. The lowest BCUT2D eigenvalue weighted by Crippen LogP contribution is -2.08. The molecule has 0 aliphatic carbocycles. The minimum absolute atomic E-state index is 0.161. The molecule has 0 atom stereocenters. The van der Waals surface area contributed by atoms with E-state index < -0.39 is 0 Å². The van der Waals surface area contributed by atoms with Crippen LogP contribution < -0.4 is 5.32 Å². The second kappa shape index (κ2) is 8.48. The standard InChI is InChI=1S/C14H22N2O3/c1-3-4-10-19-11-6-9-15-13-8-5-7-12(2)14(13)16(17)18/h5,7-8,15H,3-4,6,9-11H2,1-2H3. The van der Waals surface area contributed by atoms with Gasteiger partial charge in [0, 0.05) is 25.3 Å². The van der Waals surface area contributed by atoms with Crippen LogP contribution in [0.4, 0.5) is 11.4 Å². The topological polar surface area (TPSA) is 64.4 Å². The van der Waals surface area contributed by atoms with Crippen LogP contribution >= 0.6 is 0 Å². The summed E-state index contributed by atoms with van der Waals surface area (Å²) in [5.74, 6) is 0. The lowest BCUT2D eigenvalue weighted by atomic mass is 10.1. The van der Waals surface area contributed by atoms with Crippen LogP contribution in [-0.2, 0) is 4.74 Å². The number of aryl methyl sites for hydroxylation is 1. The van der Waals surface area contributed by atoms with Gasteiger partial charge < -0.3 is 10.1 Å². The molecule has 5 nitrogen and oxygen atoms in total. The Hall–Kier alpha value is -1.62. The Bertz CT molecular complexity index is 408. The maximum Gasteiger partial charge on any atom is 0.295 e. The lowest BCUT2D eigenvalue weighted by Gasteiger charge is -2.08. The second-order valence-corrected chi connectivity index (χ2v) is 4.47. The highest BCUT2D eigenvalue weighted by molar-refractivity contribution is 5.64. The van der Waals surface area contributed by atoms with Crippen LogP contribution in [0, 0.1) is 17.0 Å². The van der Waals surface area contributed by atoms with Gasteiger partial charge in [-0.3, -0.25) is 10.1 Å². The van der Waals surface area contributed by atoms with Crippen LogP contribution in [0.25, 0.3) is 0 Å². The number of benzene rings is 1. The van der Waals surface area contributed by atoms with Crippen molar-refractivity contribution in [2.45, 2.75) is 33.1 Å². The summed E-state index contributed by atoms with van der Waals surface area (Å²) in [6.07, 6.45) is 3.05. The molecule has 0 radical (unpaired) electrons. The van der Waals surface area contributed by atoms with Crippen molar-refractivity contribution in [2.75, 3.05) is 25.1 Å². The van der Waals surface area contributed by atoms with Gasteiger partial charge in [0.05, 0.1) is 4.92 Å². The van der Waals surface area contributed by atoms with Crippen LogP contribution in [0.3, 0.4) is 0 Å². The molecule has 0 unspecified atom stereocenters. The Morgan fingerprint density at radius 2 is 2.05 bits per heavy atom. The summed E-state index contributed by atoms with van der Waals surface area (Å²) in [5, 5.41) is 14.1. The van der Waals surface area contributed by atoms with Gasteiger partial charge in [-0.25, -0.2) is 0 Å². The predicted octanol–water partition coefficient (Wildman–Crippen LogP) is 3.52. The van der Waals surface area contributed by atoms with E-state index in [2.05, 4.69) is 12.2 Å². The first kappa shape index (κ1) is 15.4. The van der Waals surface area contributed by atoms with Crippen molar-refractivity contribution in [3.8, 4) is 0 Å². The van der Waals surface area contributed by atoms with Crippen LogP contribution in [0.5, 0.6) is 0 Å². The summed E-state index contributed by atoms with van der Waals surface area (Å²) in [6, 6.07) is 5.31. The zero-order chi connectivity index (χ0) is 14.1. The molecule has 0 heterocycles. The summed E-state index contributed by atoms with van der Waals surface area (Å²) in [6.45, 7) is 6.03.